The van der Waals surface area contributed by atoms with Crippen LogP contribution >= 0.6 is 27.7 Å². The van der Waals surface area contributed by atoms with Crippen molar-refractivity contribution in [2.45, 2.75) is 4.90 Å². The number of para-hydroxylation sites is 1. The van der Waals surface area contributed by atoms with Crippen LogP contribution in [0.15, 0.2) is 57.9 Å². The third kappa shape index (κ3) is 4.29. The third-order valence-electron chi connectivity index (χ3n) is 2.40. The Morgan fingerprint density at radius 3 is 2.53 bits per heavy atom. The Labute approximate surface area is 124 Å². The summed E-state index contributed by atoms with van der Waals surface area (Å²) in [6.45, 7) is 0. The fraction of sp³-hybridized carbons (Fsp3) is 0.0714. The van der Waals surface area contributed by atoms with Crippen LogP contribution in [0, 0.1) is 0 Å². The summed E-state index contributed by atoms with van der Waals surface area (Å²) >= 11 is 4.87. The second kappa shape index (κ2) is 6.63. The minimum Gasteiger partial charge on any atom is -0.399 e. The number of halogens is 1. The number of nitrogens with one attached hydrogen (secondary N) is 1. The molecule has 3 N–H and O–H groups in total. The van der Waals surface area contributed by atoms with Gasteiger partial charge in [0.05, 0.1) is 11.4 Å². The Balaban J connectivity index is 1.88. The van der Waals surface area contributed by atoms with Crippen molar-refractivity contribution in [1.82, 2.24) is 0 Å². The van der Waals surface area contributed by atoms with E-state index in [-0.39, 0.29) is 5.91 Å². The first-order valence-corrected chi connectivity index (χ1v) is 7.46. The molecule has 0 aliphatic heterocycles. The van der Waals surface area contributed by atoms with E-state index in [4.69, 9.17) is 5.73 Å². The molecule has 98 valence electrons. The standard InChI is InChI=1S/C14H13BrN2OS/c15-12-3-1-2-4-13(12)17-14(18)9-19-11-7-5-10(16)6-8-11/h1-8H,9,16H2,(H,17,18). The number of rotatable bonds is 4. The largest absolute Gasteiger partial charge is 0.399 e. The Bertz CT molecular complexity index is 572. The van der Waals surface area contributed by atoms with Gasteiger partial charge in [0.1, 0.15) is 0 Å². The maximum Gasteiger partial charge on any atom is 0.234 e. The van der Waals surface area contributed by atoms with Crippen LogP contribution in [-0.2, 0) is 4.79 Å². The van der Waals surface area contributed by atoms with Crippen molar-refractivity contribution in [3.63, 3.8) is 0 Å². The first kappa shape index (κ1) is 14.0. The molecule has 0 saturated carbocycles. The summed E-state index contributed by atoms with van der Waals surface area (Å²) < 4.78 is 0.876. The number of carbonyl (C=O) groups excluding carboxylic acids is 1. The molecule has 0 saturated heterocycles. The molecule has 19 heavy (non-hydrogen) atoms. The van der Waals surface area contributed by atoms with E-state index in [1.54, 1.807) is 0 Å². The second-order valence-electron chi connectivity index (χ2n) is 3.89. The van der Waals surface area contributed by atoms with Crippen LogP contribution in [0.2, 0.25) is 0 Å². The molecule has 1 amide bonds. The molecule has 0 unspecified atom stereocenters. The zero-order valence-corrected chi connectivity index (χ0v) is 12.5. The number of hydrogen-bond acceptors (Lipinski definition) is 3. The molecule has 0 aliphatic rings. The molecular formula is C14H13BrN2OS. The molecule has 2 aromatic carbocycles. The van der Waals surface area contributed by atoms with Crippen LogP contribution in [0.1, 0.15) is 0 Å². The van der Waals surface area contributed by atoms with Gasteiger partial charge in [-0.1, -0.05) is 12.1 Å². The third-order valence-corrected chi connectivity index (χ3v) is 4.10. The van der Waals surface area contributed by atoms with Gasteiger partial charge in [-0.25, -0.2) is 0 Å². The molecule has 0 spiro atoms. The number of hydrogen-bond donors (Lipinski definition) is 2. The van der Waals surface area contributed by atoms with E-state index < -0.39 is 0 Å². The van der Waals surface area contributed by atoms with E-state index in [2.05, 4.69) is 21.2 Å². The predicted octanol–water partition coefficient (Wildman–Crippen LogP) is 3.76. The maximum absolute atomic E-state index is 11.8. The van der Waals surface area contributed by atoms with Gasteiger partial charge in [0.25, 0.3) is 0 Å². The number of benzene rings is 2. The molecule has 0 aliphatic carbocycles. The molecule has 0 bridgehead atoms. The van der Waals surface area contributed by atoms with Gasteiger partial charge in [-0.2, -0.15) is 0 Å². The highest BCUT2D eigenvalue weighted by atomic mass is 79.9. The Morgan fingerprint density at radius 2 is 1.84 bits per heavy atom. The van der Waals surface area contributed by atoms with Crippen LogP contribution in [0.25, 0.3) is 0 Å². The molecule has 0 fully saturated rings. The summed E-state index contributed by atoms with van der Waals surface area (Å²) in [5, 5.41) is 2.86. The molecular weight excluding hydrogens is 324 g/mol. The van der Waals surface area contributed by atoms with Crippen LogP contribution in [-0.4, -0.2) is 11.7 Å². The van der Waals surface area contributed by atoms with Crippen LogP contribution in [0.3, 0.4) is 0 Å². The van der Waals surface area contributed by atoms with Crippen molar-refractivity contribution in [2.24, 2.45) is 0 Å². The van der Waals surface area contributed by atoms with Crippen molar-refractivity contribution in [1.29, 1.82) is 0 Å². The number of nitrogens with two attached hydrogens (primary N) is 1. The monoisotopic (exact) mass is 336 g/mol. The fourth-order valence-electron chi connectivity index (χ4n) is 1.46. The molecule has 2 rings (SSSR count). The molecule has 5 heteroatoms. The molecule has 0 radical (unpaired) electrons. The Hall–Kier alpha value is -1.46. The first-order valence-electron chi connectivity index (χ1n) is 5.68. The van der Waals surface area contributed by atoms with Crippen LogP contribution < -0.4 is 11.1 Å². The first-order chi connectivity index (χ1) is 9.15. The van der Waals surface area contributed by atoms with Crippen molar-refractivity contribution < 1.29 is 4.79 Å². The van der Waals surface area contributed by atoms with Gasteiger partial charge in [-0.15, -0.1) is 11.8 Å². The number of carbonyl (C=O) groups is 1. The Kier molecular flexibility index (Phi) is 4.87. The summed E-state index contributed by atoms with van der Waals surface area (Å²) in [4.78, 5) is 12.9. The summed E-state index contributed by atoms with van der Waals surface area (Å²) in [6.07, 6.45) is 0. The molecule has 0 heterocycles. The Morgan fingerprint density at radius 1 is 1.16 bits per heavy atom. The summed E-state index contributed by atoms with van der Waals surface area (Å²) in [7, 11) is 0. The fourth-order valence-corrected chi connectivity index (χ4v) is 2.54. The lowest BCUT2D eigenvalue weighted by Crippen LogP contribution is -2.14. The highest BCUT2D eigenvalue weighted by molar-refractivity contribution is 9.10. The van der Waals surface area contributed by atoms with Crippen molar-refractivity contribution >= 4 is 45.0 Å². The second-order valence-corrected chi connectivity index (χ2v) is 5.79. The smallest absolute Gasteiger partial charge is 0.234 e. The lowest BCUT2D eigenvalue weighted by atomic mass is 10.3. The SMILES string of the molecule is Nc1ccc(SCC(=O)Nc2ccccc2Br)cc1. The van der Waals surface area contributed by atoms with E-state index in [0.717, 1.165) is 20.7 Å². The summed E-state index contributed by atoms with van der Waals surface area (Å²) in [5.41, 5.74) is 7.11. The minimum absolute atomic E-state index is 0.0336. The van der Waals surface area contributed by atoms with Gasteiger partial charge in [0.15, 0.2) is 0 Å². The molecule has 2 aromatic rings. The van der Waals surface area contributed by atoms with Gasteiger partial charge in [-0.05, 0) is 52.3 Å². The van der Waals surface area contributed by atoms with Crippen molar-refractivity contribution in [3.8, 4) is 0 Å². The van der Waals surface area contributed by atoms with Gasteiger partial charge >= 0.3 is 0 Å². The quantitative estimate of drug-likeness (QED) is 0.660. The maximum atomic E-state index is 11.8. The lowest BCUT2D eigenvalue weighted by molar-refractivity contribution is -0.113. The van der Waals surface area contributed by atoms with Gasteiger partial charge < -0.3 is 11.1 Å². The number of anilines is 2. The lowest BCUT2D eigenvalue weighted by Gasteiger charge is -2.07. The van der Waals surface area contributed by atoms with E-state index in [0.29, 0.717) is 5.75 Å². The topological polar surface area (TPSA) is 55.1 Å². The van der Waals surface area contributed by atoms with E-state index in [1.165, 1.54) is 11.8 Å². The summed E-state index contributed by atoms with van der Waals surface area (Å²) in [5.74, 6) is 0.333. The van der Waals surface area contributed by atoms with Gasteiger partial charge in [0, 0.05) is 15.1 Å². The predicted molar refractivity (Wildman–Crippen MR) is 84.4 cm³/mol. The van der Waals surface area contributed by atoms with Gasteiger partial charge in [-0.3, -0.25) is 4.79 Å². The zero-order chi connectivity index (χ0) is 13.7. The highest BCUT2D eigenvalue weighted by Crippen LogP contribution is 2.23. The summed E-state index contributed by atoms with van der Waals surface area (Å²) in [6, 6.07) is 15.0. The van der Waals surface area contributed by atoms with E-state index in [1.807, 2.05) is 48.5 Å². The van der Waals surface area contributed by atoms with Gasteiger partial charge in [0.2, 0.25) is 5.91 Å². The van der Waals surface area contributed by atoms with E-state index >= 15 is 0 Å². The number of thioether (sulfide) groups is 1. The molecule has 0 atom stereocenters. The van der Waals surface area contributed by atoms with Crippen molar-refractivity contribution in [2.75, 3.05) is 16.8 Å². The number of nitrogen functional groups attached to an aromatic ring is 1. The molecule has 3 nitrogen and oxygen atoms in total. The number of amides is 1. The van der Waals surface area contributed by atoms with Crippen LogP contribution in [0.5, 0.6) is 0 Å². The molecule has 0 aromatic heterocycles. The minimum atomic E-state index is -0.0336. The normalized spacial score (nSPS) is 10.2. The van der Waals surface area contributed by atoms with E-state index in [9.17, 15) is 4.79 Å². The zero-order valence-electron chi connectivity index (χ0n) is 10.1. The average Bonchev–Trinajstić information content (AvgIpc) is 2.41. The average molecular weight is 337 g/mol. The van der Waals surface area contributed by atoms with Crippen molar-refractivity contribution in [3.05, 3.63) is 53.0 Å². The van der Waals surface area contributed by atoms with Crippen LogP contribution in [0.4, 0.5) is 11.4 Å². The highest BCUT2D eigenvalue weighted by Gasteiger charge is 2.05.